The van der Waals surface area contributed by atoms with Crippen LogP contribution in [0, 0.1) is 0 Å². The molecule has 2 aromatic carbocycles. The molecule has 7 heteroatoms. The van der Waals surface area contributed by atoms with Gasteiger partial charge in [0, 0.05) is 23.3 Å². The first-order valence-electron chi connectivity index (χ1n) is 11.6. The quantitative estimate of drug-likeness (QED) is 0.261. The molecule has 0 saturated heterocycles. The molecule has 2 N–H and O–H groups in total. The molecule has 0 fully saturated rings. The van der Waals surface area contributed by atoms with Crippen molar-refractivity contribution in [2.24, 2.45) is 10.2 Å². The zero-order valence-corrected chi connectivity index (χ0v) is 20.3. The highest BCUT2D eigenvalue weighted by Crippen LogP contribution is 2.25. The third kappa shape index (κ3) is 9.95. The van der Waals surface area contributed by atoms with Crippen molar-refractivity contribution in [2.45, 2.75) is 53.4 Å². The number of rotatable bonds is 15. The summed E-state index contributed by atoms with van der Waals surface area (Å²) in [4.78, 5) is 0. The summed E-state index contributed by atoms with van der Waals surface area (Å²) >= 11 is 0. The second kappa shape index (κ2) is 16.6. The van der Waals surface area contributed by atoms with Gasteiger partial charge in [-0.2, -0.15) is 10.2 Å². The van der Waals surface area contributed by atoms with Crippen LogP contribution >= 0.6 is 0 Å². The second-order valence-corrected chi connectivity index (χ2v) is 7.28. The molecular formula is C26H38N2O5. The second-order valence-electron chi connectivity index (χ2n) is 7.28. The maximum Gasteiger partial charge on any atom is 0.131 e. The Hall–Kier alpha value is -3.06. The maximum atomic E-state index is 5.87. The Labute approximate surface area is 197 Å². The Kier molecular flexibility index (Phi) is 14.0. The molecular weight excluding hydrogens is 420 g/mol. The molecule has 0 saturated carbocycles. The van der Waals surface area contributed by atoms with Gasteiger partial charge in [-0.05, 0) is 49.9 Å². The van der Waals surface area contributed by atoms with Crippen LogP contribution in [0.3, 0.4) is 0 Å². The summed E-state index contributed by atoms with van der Waals surface area (Å²) < 4.78 is 23.2. The molecule has 0 heterocycles. The first kappa shape index (κ1) is 28.0. The van der Waals surface area contributed by atoms with Crippen LogP contribution in [0.5, 0.6) is 23.0 Å². The molecule has 0 aliphatic carbocycles. The van der Waals surface area contributed by atoms with E-state index in [0.29, 0.717) is 26.4 Å². The Morgan fingerprint density at radius 2 is 0.939 bits per heavy atom. The van der Waals surface area contributed by atoms with Gasteiger partial charge in [0.15, 0.2) is 0 Å². The highest BCUT2D eigenvalue weighted by atomic mass is 16.5. The van der Waals surface area contributed by atoms with Crippen LogP contribution in [0.4, 0.5) is 0 Å². The van der Waals surface area contributed by atoms with Gasteiger partial charge < -0.3 is 24.4 Å². The van der Waals surface area contributed by atoms with E-state index < -0.39 is 0 Å². The average molecular weight is 459 g/mol. The van der Waals surface area contributed by atoms with E-state index in [-0.39, 0.29) is 5.48 Å². The lowest BCUT2D eigenvalue weighted by atomic mass is 10.2. The lowest BCUT2D eigenvalue weighted by molar-refractivity contribution is 0.301. The minimum Gasteiger partial charge on any atom is -0.493 e. The van der Waals surface area contributed by atoms with Gasteiger partial charge in [-0.15, -0.1) is 0 Å². The van der Waals surface area contributed by atoms with Gasteiger partial charge in [0.25, 0.3) is 0 Å². The van der Waals surface area contributed by atoms with Crippen LogP contribution in [0.1, 0.15) is 64.5 Å². The maximum absolute atomic E-state index is 5.87. The number of benzene rings is 2. The van der Waals surface area contributed by atoms with Gasteiger partial charge in [0.2, 0.25) is 0 Å². The number of hydrogen-bond acceptors (Lipinski definition) is 6. The van der Waals surface area contributed by atoms with E-state index in [4.69, 9.17) is 18.9 Å². The van der Waals surface area contributed by atoms with E-state index in [1.165, 1.54) is 0 Å². The molecule has 33 heavy (non-hydrogen) atoms. The van der Waals surface area contributed by atoms with Crippen molar-refractivity contribution >= 4 is 12.4 Å². The van der Waals surface area contributed by atoms with Gasteiger partial charge in [-0.1, -0.05) is 27.7 Å². The van der Waals surface area contributed by atoms with Crippen LogP contribution in [0.15, 0.2) is 46.6 Å². The minimum absolute atomic E-state index is 0. The normalized spacial score (nSPS) is 10.9. The molecule has 0 bridgehead atoms. The Morgan fingerprint density at radius 3 is 1.30 bits per heavy atom. The Morgan fingerprint density at radius 1 is 0.576 bits per heavy atom. The molecule has 0 spiro atoms. The number of hydrogen-bond donors (Lipinski definition) is 0. The van der Waals surface area contributed by atoms with Gasteiger partial charge >= 0.3 is 0 Å². The van der Waals surface area contributed by atoms with Crippen molar-refractivity contribution in [2.75, 3.05) is 26.4 Å². The van der Waals surface area contributed by atoms with E-state index in [9.17, 15) is 0 Å². The van der Waals surface area contributed by atoms with Crippen molar-refractivity contribution in [3.63, 3.8) is 0 Å². The van der Waals surface area contributed by atoms with Crippen molar-refractivity contribution in [3.05, 3.63) is 47.5 Å². The zero-order valence-electron chi connectivity index (χ0n) is 20.3. The molecule has 2 rings (SSSR count). The summed E-state index contributed by atoms with van der Waals surface area (Å²) in [5.41, 5.74) is 1.70. The van der Waals surface area contributed by atoms with Crippen LogP contribution in [-0.2, 0) is 0 Å². The van der Waals surface area contributed by atoms with Gasteiger partial charge in [-0.25, -0.2) is 0 Å². The zero-order chi connectivity index (χ0) is 23.0. The van der Waals surface area contributed by atoms with Gasteiger partial charge in [0.1, 0.15) is 23.0 Å². The highest BCUT2D eigenvalue weighted by Gasteiger charge is 2.06. The summed E-state index contributed by atoms with van der Waals surface area (Å²) in [5, 5.41) is 8.46. The molecule has 7 nitrogen and oxygen atoms in total. The fraction of sp³-hybridized carbons (Fsp3) is 0.462. The lowest BCUT2D eigenvalue weighted by Crippen LogP contribution is -2.01. The van der Waals surface area contributed by atoms with Crippen molar-refractivity contribution in [1.29, 1.82) is 0 Å². The monoisotopic (exact) mass is 458 g/mol. The molecule has 0 aromatic heterocycles. The number of ether oxygens (including phenoxy) is 4. The molecule has 0 aliphatic rings. The van der Waals surface area contributed by atoms with Crippen molar-refractivity contribution in [3.8, 4) is 23.0 Å². The van der Waals surface area contributed by atoms with E-state index in [2.05, 4.69) is 37.9 Å². The fourth-order valence-corrected chi connectivity index (χ4v) is 2.73. The molecule has 0 aliphatic heterocycles. The van der Waals surface area contributed by atoms with Crippen molar-refractivity contribution < 1.29 is 24.4 Å². The van der Waals surface area contributed by atoms with E-state index in [0.717, 1.165) is 59.8 Å². The Balaban J connectivity index is 0.00000544. The minimum atomic E-state index is 0. The standard InChI is InChI=1S/C26H36N2O4.H2O/c1-5-13-29-23-11-9-21(25(17-23)31-15-7-3)19-27-28-20-22-10-12-24(30-14-6-2)18-26(22)32-16-8-4;/h9-12,17-20H,5-8,13-16H2,1-4H3;1H2. The topological polar surface area (TPSA) is 93.1 Å². The smallest absolute Gasteiger partial charge is 0.131 e. The van der Waals surface area contributed by atoms with E-state index in [1.54, 1.807) is 12.4 Å². The van der Waals surface area contributed by atoms with Gasteiger partial charge in [-0.3, -0.25) is 0 Å². The molecule has 0 amide bonds. The first-order chi connectivity index (χ1) is 15.7. The predicted octanol–water partition coefficient (Wildman–Crippen LogP) is 5.47. The first-order valence-corrected chi connectivity index (χ1v) is 11.6. The fourth-order valence-electron chi connectivity index (χ4n) is 2.73. The highest BCUT2D eigenvalue weighted by molar-refractivity contribution is 5.86. The summed E-state index contributed by atoms with van der Waals surface area (Å²) in [7, 11) is 0. The third-order valence-electron chi connectivity index (χ3n) is 4.30. The molecule has 0 radical (unpaired) electrons. The SMILES string of the molecule is CCCOc1ccc(C=NN=Cc2ccc(OCCC)cc2OCCC)c(OCCC)c1.O. The summed E-state index contributed by atoms with van der Waals surface area (Å²) in [6.45, 7) is 10.9. The summed E-state index contributed by atoms with van der Waals surface area (Å²) in [6.07, 6.45) is 7.14. The third-order valence-corrected chi connectivity index (χ3v) is 4.30. The van der Waals surface area contributed by atoms with Crippen LogP contribution in [0.25, 0.3) is 0 Å². The Bertz CT molecular complexity index is 796. The number of nitrogens with zero attached hydrogens (tertiary/aromatic N) is 2. The van der Waals surface area contributed by atoms with E-state index >= 15 is 0 Å². The molecule has 0 unspecified atom stereocenters. The van der Waals surface area contributed by atoms with Crippen molar-refractivity contribution in [1.82, 2.24) is 0 Å². The van der Waals surface area contributed by atoms with Gasteiger partial charge in [0.05, 0.1) is 38.9 Å². The van der Waals surface area contributed by atoms with E-state index in [1.807, 2.05) is 36.4 Å². The largest absolute Gasteiger partial charge is 0.493 e. The molecule has 182 valence electrons. The van der Waals surface area contributed by atoms with Crippen LogP contribution in [-0.4, -0.2) is 44.3 Å². The van der Waals surface area contributed by atoms with Crippen LogP contribution in [0.2, 0.25) is 0 Å². The summed E-state index contributed by atoms with van der Waals surface area (Å²) in [5.74, 6) is 3.07. The average Bonchev–Trinajstić information content (AvgIpc) is 2.82. The summed E-state index contributed by atoms with van der Waals surface area (Å²) in [6, 6.07) is 11.5. The molecule has 2 aromatic rings. The lowest BCUT2D eigenvalue weighted by Gasteiger charge is -2.11. The predicted molar refractivity (Wildman–Crippen MR) is 135 cm³/mol. The molecule has 0 atom stereocenters. The van der Waals surface area contributed by atoms with Crippen LogP contribution < -0.4 is 18.9 Å².